The minimum atomic E-state index is -0.486. The quantitative estimate of drug-likeness (QED) is 0.302. The van der Waals surface area contributed by atoms with Crippen LogP contribution in [-0.4, -0.2) is 14.5 Å². The second kappa shape index (κ2) is 7.07. The number of benzene rings is 3. The van der Waals surface area contributed by atoms with E-state index in [9.17, 15) is 14.5 Å². The van der Waals surface area contributed by atoms with Gasteiger partial charge in [-0.05, 0) is 36.4 Å². The average molecular weight is 465 g/mol. The Labute approximate surface area is 179 Å². The molecule has 0 radical (unpaired) electrons. The summed E-state index contributed by atoms with van der Waals surface area (Å²) in [5.74, 6) is 0.202. The van der Waals surface area contributed by atoms with E-state index >= 15 is 0 Å². The number of allylic oxidation sites excluding steroid dienone is 1. The zero-order valence-corrected chi connectivity index (χ0v) is 17.0. The van der Waals surface area contributed by atoms with Gasteiger partial charge in [0.2, 0.25) is 5.95 Å². The number of para-hydroxylation sites is 2. The van der Waals surface area contributed by atoms with E-state index in [-0.39, 0.29) is 11.5 Å². The van der Waals surface area contributed by atoms with Crippen LogP contribution < -0.4 is 5.32 Å². The monoisotopic (exact) mass is 464 g/mol. The van der Waals surface area contributed by atoms with Gasteiger partial charge >= 0.3 is 0 Å². The highest BCUT2D eigenvalue weighted by Crippen LogP contribution is 2.38. The molecule has 5 rings (SSSR count). The lowest BCUT2D eigenvalue weighted by atomic mass is 10.0. The van der Waals surface area contributed by atoms with Gasteiger partial charge < -0.3 is 5.32 Å². The molecule has 1 atom stereocenters. The van der Waals surface area contributed by atoms with Crippen LogP contribution in [0.15, 0.2) is 77.3 Å². The number of halogens is 2. The predicted octanol–water partition coefficient (Wildman–Crippen LogP) is 5.90. The Bertz CT molecular complexity index is 1350. The summed E-state index contributed by atoms with van der Waals surface area (Å²) in [4.78, 5) is 15.4. The average Bonchev–Trinajstić information content (AvgIpc) is 3.13. The largest absolute Gasteiger partial charge is 0.325 e. The molecule has 2 heterocycles. The molecule has 8 heteroatoms. The maximum atomic E-state index is 14.9. The Hall–Kier alpha value is -3.52. The molecular formula is C22H14BrFN4O2. The van der Waals surface area contributed by atoms with E-state index in [0.717, 1.165) is 15.5 Å². The fourth-order valence-electron chi connectivity index (χ4n) is 3.73. The summed E-state index contributed by atoms with van der Waals surface area (Å²) in [6.45, 7) is 0. The zero-order chi connectivity index (χ0) is 20.8. The molecule has 1 N–H and O–H groups in total. The first-order chi connectivity index (χ1) is 14.5. The lowest BCUT2D eigenvalue weighted by molar-refractivity contribution is -0.384. The van der Waals surface area contributed by atoms with Gasteiger partial charge in [0, 0.05) is 33.4 Å². The number of nitro groups is 1. The molecule has 0 bridgehead atoms. The highest BCUT2D eigenvalue weighted by molar-refractivity contribution is 9.10. The Morgan fingerprint density at radius 2 is 1.93 bits per heavy atom. The highest BCUT2D eigenvalue weighted by atomic mass is 79.9. The van der Waals surface area contributed by atoms with Gasteiger partial charge in [0.15, 0.2) is 0 Å². The summed E-state index contributed by atoms with van der Waals surface area (Å²) in [6, 6.07) is 18.3. The molecule has 0 aliphatic carbocycles. The number of nitrogens with one attached hydrogen (secondary N) is 1. The van der Waals surface area contributed by atoms with E-state index in [0.29, 0.717) is 22.8 Å². The zero-order valence-electron chi connectivity index (χ0n) is 15.4. The van der Waals surface area contributed by atoms with Crippen LogP contribution in [0.1, 0.15) is 17.2 Å². The molecule has 1 aromatic heterocycles. The fraction of sp³-hybridized carbons (Fsp3) is 0.0455. The standard InChI is InChI=1S/C22H14BrFN4O2/c23-14-8-9-17(24)16(11-14)21-12-19(13-4-3-5-15(10-13)28(29)30)26-22-25-18-6-1-2-7-20(18)27(21)22/h1-12,21H,(H,25,26)/t21-/m0/s1. The molecule has 0 amide bonds. The number of fused-ring (bicyclic) bond motifs is 3. The van der Waals surface area contributed by atoms with Crippen LogP contribution in [0.4, 0.5) is 16.0 Å². The van der Waals surface area contributed by atoms with Crippen LogP contribution >= 0.6 is 15.9 Å². The van der Waals surface area contributed by atoms with Crippen molar-refractivity contribution in [2.75, 3.05) is 5.32 Å². The Kier molecular flexibility index (Phi) is 4.36. The molecular weight excluding hydrogens is 451 g/mol. The van der Waals surface area contributed by atoms with Crippen molar-refractivity contribution in [1.29, 1.82) is 0 Å². The third kappa shape index (κ3) is 3.05. The highest BCUT2D eigenvalue weighted by Gasteiger charge is 2.27. The van der Waals surface area contributed by atoms with E-state index in [2.05, 4.69) is 26.2 Å². The minimum Gasteiger partial charge on any atom is -0.325 e. The van der Waals surface area contributed by atoms with Gasteiger partial charge in [-0.15, -0.1) is 0 Å². The van der Waals surface area contributed by atoms with Gasteiger partial charge in [-0.3, -0.25) is 14.7 Å². The van der Waals surface area contributed by atoms with Crippen LogP contribution in [0.5, 0.6) is 0 Å². The SMILES string of the molecule is O=[N+]([O-])c1cccc(C2=C[C@@H](c3cc(Br)ccc3F)n3c(nc4ccccc43)N2)c1. The van der Waals surface area contributed by atoms with Crippen molar-refractivity contribution < 1.29 is 9.31 Å². The number of hydrogen-bond acceptors (Lipinski definition) is 4. The smallest absolute Gasteiger partial charge is 0.270 e. The molecule has 30 heavy (non-hydrogen) atoms. The molecule has 3 aromatic carbocycles. The maximum Gasteiger partial charge on any atom is 0.270 e. The molecule has 4 aromatic rings. The van der Waals surface area contributed by atoms with Crippen molar-refractivity contribution >= 4 is 44.3 Å². The van der Waals surface area contributed by atoms with Crippen LogP contribution in [0.25, 0.3) is 16.7 Å². The van der Waals surface area contributed by atoms with E-state index in [1.165, 1.54) is 18.2 Å². The molecule has 1 aliphatic rings. The number of nitro benzene ring substituents is 1. The molecule has 0 saturated carbocycles. The van der Waals surface area contributed by atoms with Gasteiger partial charge in [-0.25, -0.2) is 9.37 Å². The molecule has 1 aliphatic heterocycles. The first kappa shape index (κ1) is 18.5. The molecule has 148 valence electrons. The van der Waals surface area contributed by atoms with Gasteiger partial charge in [-0.2, -0.15) is 0 Å². The van der Waals surface area contributed by atoms with E-state index in [4.69, 9.17) is 0 Å². The predicted molar refractivity (Wildman–Crippen MR) is 117 cm³/mol. The third-order valence-electron chi connectivity index (χ3n) is 5.09. The number of hydrogen-bond donors (Lipinski definition) is 1. The van der Waals surface area contributed by atoms with Crippen molar-refractivity contribution in [2.24, 2.45) is 0 Å². The first-order valence-corrected chi connectivity index (χ1v) is 9.96. The van der Waals surface area contributed by atoms with Crippen LogP contribution in [-0.2, 0) is 0 Å². The minimum absolute atomic E-state index is 0.0144. The summed E-state index contributed by atoms with van der Waals surface area (Å²) >= 11 is 3.43. The summed E-state index contributed by atoms with van der Waals surface area (Å²) in [5, 5.41) is 14.5. The number of aromatic nitrogens is 2. The number of non-ortho nitro benzene ring substituents is 1. The third-order valence-corrected chi connectivity index (χ3v) is 5.58. The van der Waals surface area contributed by atoms with Crippen LogP contribution in [0, 0.1) is 15.9 Å². The normalized spacial score (nSPS) is 15.4. The molecule has 0 unspecified atom stereocenters. The summed E-state index contributed by atoms with van der Waals surface area (Å²) < 4.78 is 17.6. The van der Waals surface area contributed by atoms with E-state index < -0.39 is 11.0 Å². The number of nitrogens with zero attached hydrogens (tertiary/aromatic N) is 3. The van der Waals surface area contributed by atoms with Gasteiger partial charge in [-0.1, -0.05) is 40.2 Å². The number of anilines is 1. The van der Waals surface area contributed by atoms with Gasteiger partial charge in [0.25, 0.3) is 5.69 Å². The molecule has 0 fully saturated rings. The van der Waals surface area contributed by atoms with Crippen molar-refractivity contribution in [2.45, 2.75) is 6.04 Å². The van der Waals surface area contributed by atoms with E-state index in [1.54, 1.807) is 24.3 Å². The topological polar surface area (TPSA) is 73.0 Å². The number of imidazole rings is 1. The summed E-state index contributed by atoms with van der Waals surface area (Å²) in [6.07, 6.45) is 1.87. The fourth-order valence-corrected chi connectivity index (χ4v) is 4.11. The Morgan fingerprint density at radius 3 is 2.77 bits per heavy atom. The van der Waals surface area contributed by atoms with Crippen molar-refractivity contribution in [3.8, 4) is 0 Å². The van der Waals surface area contributed by atoms with Crippen molar-refractivity contribution in [3.05, 3.63) is 104 Å². The van der Waals surface area contributed by atoms with Gasteiger partial charge in [0.05, 0.1) is 22.0 Å². The van der Waals surface area contributed by atoms with E-state index in [1.807, 2.05) is 34.9 Å². The van der Waals surface area contributed by atoms with Crippen LogP contribution in [0.2, 0.25) is 0 Å². The summed E-state index contributed by atoms with van der Waals surface area (Å²) in [5.41, 5.74) is 3.35. The summed E-state index contributed by atoms with van der Waals surface area (Å²) in [7, 11) is 0. The van der Waals surface area contributed by atoms with Gasteiger partial charge in [0.1, 0.15) is 5.82 Å². The molecule has 6 nitrogen and oxygen atoms in total. The van der Waals surface area contributed by atoms with Crippen molar-refractivity contribution in [3.63, 3.8) is 0 Å². The van der Waals surface area contributed by atoms with Crippen LogP contribution in [0.3, 0.4) is 0 Å². The lowest BCUT2D eigenvalue weighted by Crippen LogP contribution is -2.20. The first-order valence-electron chi connectivity index (χ1n) is 9.17. The Morgan fingerprint density at radius 1 is 1.10 bits per heavy atom. The maximum absolute atomic E-state index is 14.9. The molecule has 0 saturated heterocycles. The Balaban J connectivity index is 1.74. The lowest BCUT2D eigenvalue weighted by Gasteiger charge is -2.27. The number of rotatable bonds is 3. The second-order valence-electron chi connectivity index (χ2n) is 6.92. The molecule has 0 spiro atoms. The second-order valence-corrected chi connectivity index (χ2v) is 7.83. The van der Waals surface area contributed by atoms with Crippen molar-refractivity contribution in [1.82, 2.24) is 9.55 Å².